The van der Waals surface area contributed by atoms with E-state index in [1.165, 1.54) is 35.0 Å². The van der Waals surface area contributed by atoms with E-state index in [0.717, 1.165) is 24.8 Å². The molecule has 6 amide bonds. The zero-order chi connectivity index (χ0) is 82.4. The zero-order valence-electron chi connectivity index (χ0n) is 62.4. The maximum atomic E-state index is 14.8. The molecule has 0 aromatic heterocycles. The Balaban J connectivity index is 0.00000645. The molecule has 1 aliphatic rings. The van der Waals surface area contributed by atoms with Gasteiger partial charge in [0.05, 0.1) is 29.2 Å². The summed E-state index contributed by atoms with van der Waals surface area (Å²) in [5.74, 6) is -16.4. The van der Waals surface area contributed by atoms with Crippen LogP contribution in [0.15, 0.2) is 72.3 Å². The van der Waals surface area contributed by atoms with Crippen molar-refractivity contribution in [3.8, 4) is 5.75 Å². The van der Waals surface area contributed by atoms with Crippen LogP contribution in [0.5, 0.6) is 5.75 Å². The number of ether oxygens (including phenoxy) is 1. The van der Waals surface area contributed by atoms with E-state index in [4.69, 9.17) is 14.9 Å². The summed E-state index contributed by atoms with van der Waals surface area (Å²) in [5, 5.41) is 90.4. The first-order valence-corrected chi connectivity index (χ1v) is 37.0. The summed E-state index contributed by atoms with van der Waals surface area (Å²) in [6.45, 7) is 4.72. The molecule has 1 aliphatic carbocycles. The molecule has 0 saturated carbocycles. The van der Waals surface area contributed by atoms with Crippen LogP contribution in [0.4, 0.5) is 4.79 Å². The number of aliphatic carboxylic acids is 8. The van der Waals surface area contributed by atoms with E-state index in [1.54, 1.807) is 54.1 Å². The quantitative estimate of drug-likeness (QED) is 0.0113. The van der Waals surface area contributed by atoms with Gasteiger partial charge in [-0.15, -0.1) is 0 Å². The first-order valence-electron chi connectivity index (χ1n) is 35.9. The largest absolute Gasteiger partial charge is 0.481 e. The number of urea groups is 1. The van der Waals surface area contributed by atoms with Crippen LogP contribution in [0.1, 0.15) is 134 Å². The van der Waals surface area contributed by atoms with Crippen LogP contribution in [0.25, 0.3) is 0 Å². The number of hydrogen-bond donors (Lipinski definition) is 14. The van der Waals surface area contributed by atoms with E-state index < -0.39 is 156 Å². The molecule has 0 spiro atoms. The number of allylic oxidation sites excluding steroid dienone is 3. The molecule has 0 unspecified atom stereocenters. The number of unbranched alkanes of at least 4 members (excludes halogenated alkanes) is 5. The second-order valence-electron chi connectivity index (χ2n) is 26.1. The molecule has 2 aromatic rings. The Hall–Kier alpha value is -8.89. The number of carbonyl (C=O) groups excluding carboxylic acids is 9. The van der Waals surface area contributed by atoms with Gasteiger partial charge in [-0.25, -0.2) is 24.0 Å². The topological polar surface area (TPSA) is 546 Å². The number of carboxylic acid groups (broad SMARTS) is 8. The molecule has 0 aliphatic heterocycles. The number of hydrogen-bond acceptors (Lipinski definition) is 22. The molecular weight excluding hydrogens is 1730 g/mol. The van der Waals surface area contributed by atoms with Crippen LogP contribution in [0, 0.1) is 46.4 Å². The third kappa shape index (κ3) is 44.1. The molecule has 0 saturated heterocycles. The van der Waals surface area contributed by atoms with Gasteiger partial charge in [0, 0.05) is 120 Å². The summed E-state index contributed by atoms with van der Waals surface area (Å²) in [6, 6.07) is 4.61. The summed E-state index contributed by atoms with van der Waals surface area (Å²) in [7, 11) is 3.29. The Labute approximate surface area is 684 Å². The molecular formula is C73H103ILuN10O26. The smallest absolute Gasteiger partial charge is 0.347 e. The number of nitrogens with one attached hydrogen (secondary N) is 6. The van der Waals surface area contributed by atoms with Crippen LogP contribution < -0.4 is 36.6 Å². The number of benzene rings is 2. The molecule has 0 bridgehead atoms. The molecule has 111 heavy (non-hydrogen) atoms. The van der Waals surface area contributed by atoms with Crippen LogP contribution in [0.2, 0.25) is 0 Å². The summed E-state index contributed by atoms with van der Waals surface area (Å²) < 4.78 is 5.75. The van der Waals surface area contributed by atoms with Crippen molar-refractivity contribution in [1.29, 1.82) is 0 Å². The SMILES string of the molecule is CCN(C)CC(=O)O.CCN(CCN(CCN(C)CC(=O)O)[C@H](CCC(=O)N[C@H](Cc1ccc(OC(=O)C2=CC(=O)C=CC2=O)c(I)c1)C(=O)C[C@H](Cc1ccccc1)C(=O)N[C@H](CCCCNC(=O)CCCCCCC(=O)NCCCC[C@H](NC(=O)N[C@@H](CCC(=O)O)C(=O)O)C(=O)O)C(=O)O)C(=O)O)CC(=O)O.[Lu]. The molecule has 0 fully saturated rings. The van der Waals surface area contributed by atoms with Crippen molar-refractivity contribution in [2.75, 3.05) is 86.1 Å². The van der Waals surface area contributed by atoms with Crippen LogP contribution in [0.3, 0.4) is 0 Å². The average Bonchev–Trinajstić information content (AvgIpc) is 0.829. The number of likely N-dealkylation sites (N-methyl/N-ethyl adjacent to an activating group) is 3. The number of Topliss-reactive ketones (excluding diaryl/α,β-unsaturated/α-hetero) is 1. The van der Waals surface area contributed by atoms with Gasteiger partial charge in [0.1, 0.15) is 35.5 Å². The van der Waals surface area contributed by atoms with E-state index in [-0.39, 0.29) is 171 Å². The van der Waals surface area contributed by atoms with Gasteiger partial charge in [-0.2, -0.15) is 0 Å². The van der Waals surface area contributed by atoms with Gasteiger partial charge in [0.25, 0.3) is 0 Å². The molecule has 36 nitrogen and oxygen atoms in total. The molecule has 2 aromatic carbocycles. The van der Waals surface area contributed by atoms with Crippen LogP contribution >= 0.6 is 22.6 Å². The molecule has 14 N–H and O–H groups in total. The van der Waals surface area contributed by atoms with E-state index in [0.29, 0.717) is 59.8 Å². The number of halogens is 1. The van der Waals surface area contributed by atoms with Gasteiger partial charge < -0.3 is 77.5 Å². The fourth-order valence-electron chi connectivity index (χ4n) is 11.0. The molecule has 38 heteroatoms. The Morgan fingerprint density at radius 3 is 1.54 bits per heavy atom. The Morgan fingerprint density at radius 2 is 1.04 bits per heavy atom. The molecule has 623 valence electrons. The fourth-order valence-corrected chi connectivity index (χ4v) is 11.7. The van der Waals surface area contributed by atoms with E-state index >= 15 is 0 Å². The van der Waals surface area contributed by atoms with E-state index in [9.17, 15) is 112 Å². The second-order valence-corrected chi connectivity index (χ2v) is 27.2. The molecule has 0 heterocycles. The van der Waals surface area contributed by atoms with Crippen molar-refractivity contribution in [2.45, 2.75) is 166 Å². The van der Waals surface area contributed by atoms with Gasteiger partial charge >= 0.3 is 59.8 Å². The van der Waals surface area contributed by atoms with Gasteiger partial charge in [0.2, 0.25) is 23.6 Å². The third-order valence-corrected chi connectivity index (χ3v) is 18.0. The number of rotatable bonds is 56. The second kappa shape index (κ2) is 55.5. The van der Waals surface area contributed by atoms with Crippen molar-refractivity contribution in [3.05, 3.63) is 87.0 Å². The molecule has 3 rings (SSSR count). The van der Waals surface area contributed by atoms with Gasteiger partial charge in [-0.1, -0.05) is 63.1 Å². The first kappa shape index (κ1) is 100. The van der Waals surface area contributed by atoms with Crippen molar-refractivity contribution < 1.29 is 164 Å². The Kier molecular flexibility index (Phi) is 50.1. The maximum absolute atomic E-state index is 14.8. The van der Waals surface area contributed by atoms with Crippen molar-refractivity contribution in [2.24, 2.45) is 5.92 Å². The Morgan fingerprint density at radius 1 is 0.495 bits per heavy atom. The predicted octanol–water partition coefficient (Wildman–Crippen LogP) is 2.21. The molecule has 1 radical (unpaired) electrons. The predicted molar refractivity (Wildman–Crippen MR) is 401 cm³/mol. The normalized spacial score (nSPS) is 13.3. The molecule has 6 atom stereocenters. The van der Waals surface area contributed by atoms with Gasteiger partial charge in [-0.05, 0) is 162 Å². The number of carbonyl (C=O) groups is 17. The minimum Gasteiger partial charge on any atom is -0.481 e. The number of nitrogens with zero attached hydrogens (tertiary/aromatic N) is 4. The number of carboxylic acids is 8. The third-order valence-electron chi connectivity index (χ3n) is 17.2. The maximum Gasteiger partial charge on any atom is 0.347 e. The summed E-state index contributed by atoms with van der Waals surface area (Å²) in [4.78, 5) is 217. The zero-order valence-corrected chi connectivity index (χ0v) is 66.2. The monoisotopic (exact) mass is 1840 g/mol. The summed E-state index contributed by atoms with van der Waals surface area (Å²) in [5.41, 5.74) is 0.472. The van der Waals surface area contributed by atoms with Crippen molar-refractivity contribution >= 4 is 123 Å². The van der Waals surface area contributed by atoms with E-state index in [1.807, 2.05) is 29.5 Å². The van der Waals surface area contributed by atoms with Crippen molar-refractivity contribution in [3.63, 3.8) is 0 Å². The number of amides is 6. The first-order chi connectivity index (χ1) is 52.0. The minimum atomic E-state index is -1.55. The standard InChI is InChI=1S/C68H92IN9O24.C5H11NO2.Lu/c1-3-77(41-61(89)90)32-34-78(33-31-76(2)40-60(87)88)52(66(98)99)24-27-58(84)72-51(37-43-21-26-55(47(69)36-43)102-67(100)46-39-45(79)22-25-53(46)80)54(81)38-44(35-42-15-7-6-8-16-42)62(91)73-48(63(92)93)17-11-13-29-70-56(82)19-9-4-5-10-20-57(83)71-30-14-12-18-49(64(94)95)74-68(101)75-50(65(96)97)23-28-59(85)86;1-3-6(2)4-5(7)8;/h6-8,15-16,21-22,25-26,36,39,44,48-52H,3-5,9-14,17-20,23-24,27-35,37-38,40-41H2,1-2H3,(H,70,82)(H,71,83)(H,72,84)(H,73,91)(H,85,86)(H,87,88)(H,89,90)(H,92,93)(H,94,95)(H,96,97)(H,98,99)(H2,74,75,101);3-4H2,1-2H3,(H,7,8);/t44-,48+,49-,50-,51+,52+;;/m0../s1. The number of ketones is 3. The van der Waals surface area contributed by atoms with Crippen LogP contribution in [-0.4, -0.2) is 277 Å². The fraction of sp³-hybridized carbons (Fsp3) is 0.548. The van der Waals surface area contributed by atoms with Crippen molar-refractivity contribution in [1.82, 2.24) is 51.5 Å². The minimum absolute atomic E-state index is 0. The summed E-state index contributed by atoms with van der Waals surface area (Å²) >= 11 is 1.83. The summed E-state index contributed by atoms with van der Waals surface area (Å²) in [6.07, 6.45) is 3.88. The Bertz CT molecular complexity index is 3550. The van der Waals surface area contributed by atoms with Gasteiger partial charge in [-0.3, -0.25) is 77.1 Å². The van der Waals surface area contributed by atoms with Crippen LogP contribution in [-0.2, 0) is 89.6 Å². The number of esters is 1. The van der Waals surface area contributed by atoms with Gasteiger partial charge in [0.15, 0.2) is 17.3 Å². The average molecular weight is 1840 g/mol. The van der Waals surface area contributed by atoms with E-state index in [2.05, 4.69) is 31.9 Å².